The summed E-state index contributed by atoms with van der Waals surface area (Å²) in [4.78, 5) is 0. The van der Waals surface area contributed by atoms with E-state index in [1.54, 1.807) is 12.1 Å². The number of ether oxygens (including phenoxy) is 3. The second kappa shape index (κ2) is 8.72. The van der Waals surface area contributed by atoms with Gasteiger partial charge in [-0.2, -0.15) is 5.26 Å². The molecule has 1 unspecified atom stereocenters. The molecule has 148 valence electrons. The quantitative estimate of drug-likeness (QED) is 0.528. The molecule has 4 nitrogen and oxygen atoms in total. The first kappa shape index (κ1) is 21.0. The van der Waals surface area contributed by atoms with E-state index in [-0.39, 0.29) is 36.3 Å². The van der Waals surface area contributed by atoms with E-state index in [2.05, 4.69) is 6.07 Å². The molecule has 0 saturated carbocycles. The number of nitriles is 1. The van der Waals surface area contributed by atoms with Crippen molar-refractivity contribution in [2.75, 3.05) is 13.2 Å². The molecule has 0 aromatic heterocycles. The summed E-state index contributed by atoms with van der Waals surface area (Å²) in [7, 11) is 0. The molecule has 1 fully saturated rings. The Balaban J connectivity index is 1.74. The number of benzene rings is 2. The molecule has 0 radical (unpaired) electrons. The molecule has 2 aromatic carbocycles. The maximum absolute atomic E-state index is 14.2. The van der Waals surface area contributed by atoms with E-state index in [1.807, 2.05) is 36.4 Å². The lowest BCUT2D eigenvalue weighted by Gasteiger charge is -2.17. The summed E-state index contributed by atoms with van der Waals surface area (Å²) in [6.07, 6.45) is 0.536. The summed E-state index contributed by atoms with van der Waals surface area (Å²) in [6.45, 7) is 4.38. The monoisotopic (exact) mass is 499 g/mol. The number of rotatable bonds is 6. The van der Waals surface area contributed by atoms with Crippen molar-refractivity contribution in [3.05, 3.63) is 62.2 Å². The molecule has 1 aliphatic rings. The maximum atomic E-state index is 14.2. The molecule has 0 aliphatic carbocycles. The lowest BCUT2D eigenvalue weighted by Crippen LogP contribution is -2.22. The minimum absolute atomic E-state index is 0.105. The van der Waals surface area contributed by atoms with Gasteiger partial charge in [0, 0.05) is 22.5 Å². The Hall–Kier alpha value is -1.76. The SMILES string of the molecule is CC1(C)OCC(CCOc2cc(F)cc(Cc3ccc(I)cc3F)c2C#N)O1. The standard InChI is InChI=1S/C21H20F2INO3/c1-21(2)27-12-17(28-21)5-6-26-20-9-15(22)8-14(18(20)11-25)7-13-3-4-16(24)10-19(13)23/h3-4,8-10,17H,5-7,12H2,1-2H3. The molecular weight excluding hydrogens is 479 g/mol. The lowest BCUT2D eigenvalue weighted by atomic mass is 9.99. The van der Waals surface area contributed by atoms with Crippen molar-refractivity contribution in [1.82, 2.24) is 0 Å². The van der Waals surface area contributed by atoms with Gasteiger partial charge in [-0.25, -0.2) is 8.78 Å². The van der Waals surface area contributed by atoms with Crippen molar-refractivity contribution in [3.63, 3.8) is 0 Å². The highest BCUT2D eigenvalue weighted by atomic mass is 127. The van der Waals surface area contributed by atoms with Crippen molar-refractivity contribution in [2.45, 2.75) is 38.6 Å². The van der Waals surface area contributed by atoms with E-state index in [1.165, 1.54) is 18.2 Å². The Bertz CT molecular complexity index is 911. The molecular formula is C21H20F2INO3. The van der Waals surface area contributed by atoms with Crippen LogP contribution in [0, 0.1) is 26.5 Å². The van der Waals surface area contributed by atoms with Crippen LogP contribution in [-0.2, 0) is 15.9 Å². The van der Waals surface area contributed by atoms with Crippen LogP contribution in [0.15, 0.2) is 30.3 Å². The van der Waals surface area contributed by atoms with Crippen LogP contribution < -0.4 is 4.74 Å². The van der Waals surface area contributed by atoms with Gasteiger partial charge in [-0.15, -0.1) is 0 Å². The Morgan fingerprint density at radius 1 is 1.25 bits per heavy atom. The van der Waals surface area contributed by atoms with Gasteiger partial charge in [0.2, 0.25) is 0 Å². The highest BCUT2D eigenvalue weighted by molar-refractivity contribution is 14.1. The van der Waals surface area contributed by atoms with E-state index in [0.717, 1.165) is 3.57 Å². The molecule has 0 amide bonds. The molecule has 7 heteroatoms. The fourth-order valence-electron chi connectivity index (χ4n) is 3.09. The molecule has 1 saturated heterocycles. The minimum atomic E-state index is -0.619. The third kappa shape index (κ3) is 5.19. The zero-order chi connectivity index (χ0) is 20.3. The Kier molecular flexibility index (Phi) is 6.53. The van der Waals surface area contributed by atoms with Gasteiger partial charge in [0.1, 0.15) is 23.5 Å². The summed E-state index contributed by atoms with van der Waals surface area (Å²) in [5, 5.41) is 9.57. The Morgan fingerprint density at radius 2 is 2.04 bits per heavy atom. The average Bonchev–Trinajstić information content (AvgIpc) is 2.96. The van der Waals surface area contributed by atoms with Crippen molar-refractivity contribution in [2.24, 2.45) is 0 Å². The van der Waals surface area contributed by atoms with Gasteiger partial charge < -0.3 is 14.2 Å². The van der Waals surface area contributed by atoms with Gasteiger partial charge in [-0.05, 0) is 65.8 Å². The van der Waals surface area contributed by atoms with E-state index in [4.69, 9.17) is 14.2 Å². The highest BCUT2D eigenvalue weighted by Crippen LogP contribution is 2.28. The third-order valence-electron chi connectivity index (χ3n) is 4.42. The first-order chi connectivity index (χ1) is 13.3. The van der Waals surface area contributed by atoms with Gasteiger partial charge in [-0.3, -0.25) is 0 Å². The zero-order valence-electron chi connectivity index (χ0n) is 15.6. The predicted octanol–water partition coefficient (Wildman–Crippen LogP) is 4.95. The van der Waals surface area contributed by atoms with Crippen molar-refractivity contribution in [1.29, 1.82) is 5.26 Å². The number of halogens is 3. The van der Waals surface area contributed by atoms with Crippen LogP contribution in [0.2, 0.25) is 0 Å². The molecule has 0 bridgehead atoms. The predicted molar refractivity (Wildman–Crippen MR) is 108 cm³/mol. The van der Waals surface area contributed by atoms with Crippen LogP contribution in [0.1, 0.15) is 37.0 Å². The average molecular weight is 499 g/mol. The van der Waals surface area contributed by atoms with Gasteiger partial charge in [0.05, 0.1) is 24.9 Å². The van der Waals surface area contributed by atoms with Crippen LogP contribution in [-0.4, -0.2) is 25.1 Å². The van der Waals surface area contributed by atoms with Gasteiger partial charge in [0.15, 0.2) is 5.79 Å². The molecule has 1 heterocycles. The smallest absolute Gasteiger partial charge is 0.163 e. The summed E-state index contributed by atoms with van der Waals surface area (Å²) in [5.41, 5.74) is 0.995. The van der Waals surface area contributed by atoms with Crippen molar-refractivity contribution >= 4 is 22.6 Å². The molecule has 0 N–H and O–H groups in total. The second-order valence-electron chi connectivity index (χ2n) is 7.05. The van der Waals surface area contributed by atoms with Gasteiger partial charge in [-0.1, -0.05) is 6.07 Å². The van der Waals surface area contributed by atoms with Crippen molar-refractivity contribution < 1.29 is 23.0 Å². The first-order valence-corrected chi connectivity index (χ1v) is 9.96. The van der Waals surface area contributed by atoms with Gasteiger partial charge in [0.25, 0.3) is 0 Å². The topological polar surface area (TPSA) is 51.5 Å². The van der Waals surface area contributed by atoms with Crippen LogP contribution >= 0.6 is 22.6 Å². The summed E-state index contributed by atoms with van der Waals surface area (Å²) >= 11 is 2.02. The molecule has 2 aromatic rings. The van der Waals surface area contributed by atoms with Gasteiger partial charge >= 0.3 is 0 Å². The Labute approximate surface area is 176 Å². The van der Waals surface area contributed by atoms with Crippen molar-refractivity contribution in [3.8, 4) is 11.8 Å². The largest absolute Gasteiger partial charge is 0.492 e. The molecule has 0 spiro atoms. The lowest BCUT2D eigenvalue weighted by molar-refractivity contribution is -0.139. The van der Waals surface area contributed by atoms with Crippen LogP contribution in [0.5, 0.6) is 5.75 Å². The number of hydrogen-bond acceptors (Lipinski definition) is 4. The molecule has 1 aliphatic heterocycles. The fraction of sp³-hybridized carbons (Fsp3) is 0.381. The zero-order valence-corrected chi connectivity index (χ0v) is 17.8. The highest BCUT2D eigenvalue weighted by Gasteiger charge is 2.32. The minimum Gasteiger partial charge on any atom is -0.492 e. The second-order valence-corrected chi connectivity index (χ2v) is 8.30. The summed E-state index contributed by atoms with van der Waals surface area (Å²) in [5.74, 6) is -1.38. The first-order valence-electron chi connectivity index (χ1n) is 8.88. The fourth-order valence-corrected chi connectivity index (χ4v) is 3.55. The molecule has 3 rings (SSSR count). The number of hydrogen-bond donors (Lipinski definition) is 0. The van der Waals surface area contributed by atoms with Crippen LogP contribution in [0.25, 0.3) is 0 Å². The van der Waals surface area contributed by atoms with E-state index < -0.39 is 11.6 Å². The molecule has 1 atom stereocenters. The summed E-state index contributed by atoms with van der Waals surface area (Å²) < 4.78 is 45.9. The molecule has 28 heavy (non-hydrogen) atoms. The van der Waals surface area contributed by atoms with Crippen LogP contribution in [0.3, 0.4) is 0 Å². The Morgan fingerprint density at radius 3 is 2.68 bits per heavy atom. The van der Waals surface area contributed by atoms with E-state index in [9.17, 15) is 14.0 Å². The normalized spacial score (nSPS) is 18.1. The van der Waals surface area contributed by atoms with E-state index >= 15 is 0 Å². The van der Waals surface area contributed by atoms with E-state index in [0.29, 0.717) is 24.2 Å². The number of nitrogens with zero attached hydrogens (tertiary/aromatic N) is 1. The van der Waals surface area contributed by atoms with Crippen LogP contribution in [0.4, 0.5) is 8.78 Å². The summed E-state index contributed by atoms with van der Waals surface area (Å²) in [6, 6.07) is 9.31. The third-order valence-corrected chi connectivity index (χ3v) is 5.09. The maximum Gasteiger partial charge on any atom is 0.163 e.